The number of carbonyl (C=O) groups excluding carboxylic acids is 1. The summed E-state index contributed by atoms with van der Waals surface area (Å²) < 4.78 is 7.45. The second kappa shape index (κ2) is 6.18. The van der Waals surface area contributed by atoms with E-state index in [1.54, 1.807) is 0 Å². The molecule has 1 saturated carbocycles. The van der Waals surface area contributed by atoms with Crippen LogP contribution in [0.2, 0.25) is 0 Å². The predicted molar refractivity (Wildman–Crippen MR) is 99.6 cm³/mol. The van der Waals surface area contributed by atoms with Gasteiger partial charge in [0.25, 0.3) is 11.6 Å². The highest BCUT2D eigenvalue weighted by Gasteiger charge is 2.32. The first-order valence-electron chi connectivity index (χ1n) is 9.65. The Labute approximate surface area is 157 Å². The van der Waals surface area contributed by atoms with Crippen molar-refractivity contribution in [1.82, 2.24) is 24.6 Å². The van der Waals surface area contributed by atoms with Crippen LogP contribution in [0.5, 0.6) is 0 Å². The summed E-state index contributed by atoms with van der Waals surface area (Å²) in [4.78, 5) is 24.5. The Morgan fingerprint density at radius 3 is 2.85 bits per heavy atom. The lowest BCUT2D eigenvalue weighted by Gasteiger charge is -2.32. The first kappa shape index (κ1) is 16.5. The van der Waals surface area contributed by atoms with Crippen LogP contribution in [-0.2, 0) is 7.05 Å². The Balaban J connectivity index is 1.50. The molecule has 1 saturated heterocycles. The quantitative estimate of drug-likeness (QED) is 0.712. The fraction of sp³-hybridized carbons (Fsp3) is 0.500. The number of hydrogen-bond donors (Lipinski definition) is 0. The summed E-state index contributed by atoms with van der Waals surface area (Å²) in [6.45, 7) is 3.33. The second-order valence-corrected chi connectivity index (χ2v) is 7.80. The minimum absolute atomic E-state index is 0.0505. The molecule has 1 atom stereocenters. The predicted octanol–water partition coefficient (Wildman–Crippen LogP) is 3.16. The molecular formula is C20H23N5O2. The minimum atomic E-state index is 0.0505. The number of piperidine rings is 1. The molecule has 0 bridgehead atoms. The van der Waals surface area contributed by atoms with Gasteiger partial charge >= 0.3 is 0 Å². The standard InChI is InChI=1S/C20H23N5O2/c1-12-17-15(10-16(13-5-6-13)22-19(17)27-23-12)20(26)25-8-3-4-14(11-25)18-21-7-9-24(18)2/h7,9-10,13-14H,3-6,8,11H2,1-2H3. The van der Waals surface area contributed by atoms with E-state index in [1.165, 1.54) is 0 Å². The number of fused-ring (bicyclic) bond motifs is 1. The van der Waals surface area contributed by atoms with Crippen LogP contribution in [0.3, 0.4) is 0 Å². The molecule has 0 spiro atoms. The molecule has 0 radical (unpaired) electrons. The van der Waals surface area contributed by atoms with Crippen LogP contribution in [0.1, 0.15) is 65.1 Å². The molecule has 4 heterocycles. The van der Waals surface area contributed by atoms with Crippen LogP contribution in [-0.4, -0.2) is 43.6 Å². The highest BCUT2D eigenvalue weighted by Crippen LogP contribution is 2.41. The Kier molecular flexibility index (Phi) is 3.77. The number of rotatable bonds is 3. The van der Waals surface area contributed by atoms with Gasteiger partial charge in [-0.1, -0.05) is 5.16 Å². The highest BCUT2D eigenvalue weighted by molar-refractivity contribution is 6.06. The number of amides is 1. The maximum Gasteiger partial charge on any atom is 0.259 e. The molecular weight excluding hydrogens is 342 g/mol. The third kappa shape index (κ3) is 2.81. The number of carbonyl (C=O) groups is 1. The number of aryl methyl sites for hydroxylation is 2. The Bertz CT molecular complexity index is 1020. The van der Waals surface area contributed by atoms with Crippen LogP contribution in [0.4, 0.5) is 0 Å². The normalized spacial score (nSPS) is 20.4. The molecule has 5 rings (SSSR count). The number of aromatic nitrogens is 4. The molecule has 7 nitrogen and oxygen atoms in total. The summed E-state index contributed by atoms with van der Waals surface area (Å²) >= 11 is 0. The third-order valence-corrected chi connectivity index (χ3v) is 5.80. The van der Waals surface area contributed by atoms with Crippen molar-refractivity contribution in [3.8, 4) is 0 Å². The smallest absolute Gasteiger partial charge is 0.259 e. The number of hydrogen-bond acceptors (Lipinski definition) is 5. The zero-order valence-electron chi connectivity index (χ0n) is 15.7. The van der Waals surface area contributed by atoms with E-state index in [-0.39, 0.29) is 11.8 Å². The van der Waals surface area contributed by atoms with E-state index in [9.17, 15) is 4.79 Å². The van der Waals surface area contributed by atoms with E-state index in [2.05, 4.69) is 19.7 Å². The van der Waals surface area contributed by atoms with E-state index < -0.39 is 0 Å². The SMILES string of the molecule is Cc1noc2nc(C3CC3)cc(C(=O)N3CCCC(c4nccn4C)C3)c12. The van der Waals surface area contributed by atoms with Gasteiger partial charge < -0.3 is 14.0 Å². The molecule has 2 fully saturated rings. The van der Waals surface area contributed by atoms with Crippen molar-refractivity contribution in [1.29, 1.82) is 0 Å². The van der Waals surface area contributed by atoms with E-state index in [0.717, 1.165) is 54.8 Å². The molecule has 7 heteroatoms. The molecule has 3 aromatic heterocycles. The van der Waals surface area contributed by atoms with Crippen LogP contribution >= 0.6 is 0 Å². The summed E-state index contributed by atoms with van der Waals surface area (Å²) in [6, 6.07) is 1.97. The first-order valence-corrected chi connectivity index (χ1v) is 9.65. The molecule has 0 N–H and O–H groups in total. The van der Waals surface area contributed by atoms with Gasteiger partial charge in [-0.15, -0.1) is 0 Å². The Hall–Kier alpha value is -2.70. The molecule has 0 aromatic carbocycles. The van der Waals surface area contributed by atoms with Gasteiger partial charge in [-0.05, 0) is 38.7 Å². The van der Waals surface area contributed by atoms with Crippen molar-refractivity contribution in [3.05, 3.63) is 41.2 Å². The van der Waals surface area contributed by atoms with Gasteiger partial charge in [0.2, 0.25) is 0 Å². The van der Waals surface area contributed by atoms with Gasteiger partial charge in [-0.25, -0.2) is 9.97 Å². The van der Waals surface area contributed by atoms with Gasteiger partial charge in [0.15, 0.2) is 0 Å². The molecule has 27 heavy (non-hydrogen) atoms. The summed E-state index contributed by atoms with van der Waals surface area (Å²) in [5.41, 5.74) is 2.85. The lowest BCUT2D eigenvalue weighted by atomic mass is 9.96. The monoisotopic (exact) mass is 365 g/mol. The van der Waals surface area contributed by atoms with Crippen molar-refractivity contribution in [2.24, 2.45) is 7.05 Å². The zero-order chi connectivity index (χ0) is 18.5. The Morgan fingerprint density at radius 1 is 1.26 bits per heavy atom. The number of imidazole rings is 1. The number of pyridine rings is 1. The van der Waals surface area contributed by atoms with Crippen molar-refractivity contribution in [2.75, 3.05) is 13.1 Å². The number of nitrogens with zero attached hydrogens (tertiary/aromatic N) is 5. The summed E-state index contributed by atoms with van der Waals surface area (Å²) in [6.07, 6.45) is 8.08. The topological polar surface area (TPSA) is 77.1 Å². The maximum atomic E-state index is 13.5. The average Bonchev–Trinajstić information content (AvgIpc) is 3.35. The second-order valence-electron chi connectivity index (χ2n) is 7.80. The summed E-state index contributed by atoms with van der Waals surface area (Å²) in [5.74, 6) is 1.82. The molecule has 1 amide bonds. The van der Waals surface area contributed by atoms with Crippen molar-refractivity contribution in [3.63, 3.8) is 0 Å². The number of likely N-dealkylation sites (tertiary alicyclic amines) is 1. The third-order valence-electron chi connectivity index (χ3n) is 5.80. The lowest BCUT2D eigenvalue weighted by Crippen LogP contribution is -2.39. The molecule has 1 unspecified atom stereocenters. The fourth-order valence-corrected chi connectivity index (χ4v) is 4.18. The highest BCUT2D eigenvalue weighted by atomic mass is 16.5. The largest absolute Gasteiger partial charge is 0.338 e. The molecule has 140 valence electrons. The van der Waals surface area contributed by atoms with Gasteiger partial charge in [0.1, 0.15) is 5.82 Å². The molecule has 2 aliphatic rings. The van der Waals surface area contributed by atoms with Gasteiger partial charge in [0.05, 0.1) is 16.6 Å². The van der Waals surface area contributed by atoms with Crippen molar-refractivity contribution < 1.29 is 9.32 Å². The summed E-state index contributed by atoms with van der Waals surface area (Å²) in [5, 5.41) is 4.80. The molecule has 1 aliphatic carbocycles. The van der Waals surface area contributed by atoms with Gasteiger partial charge in [-0.2, -0.15) is 0 Å². The maximum absolute atomic E-state index is 13.5. The summed E-state index contributed by atoms with van der Waals surface area (Å²) in [7, 11) is 2.01. The first-order chi connectivity index (χ1) is 13.1. The van der Waals surface area contributed by atoms with E-state index in [0.29, 0.717) is 23.7 Å². The molecule has 1 aliphatic heterocycles. The zero-order valence-corrected chi connectivity index (χ0v) is 15.7. The van der Waals surface area contributed by atoms with Gasteiger partial charge in [0, 0.05) is 50.1 Å². The lowest BCUT2D eigenvalue weighted by molar-refractivity contribution is 0.0705. The van der Waals surface area contributed by atoms with Crippen LogP contribution < -0.4 is 0 Å². The molecule has 3 aromatic rings. The Morgan fingerprint density at radius 2 is 2.11 bits per heavy atom. The average molecular weight is 365 g/mol. The minimum Gasteiger partial charge on any atom is -0.338 e. The van der Waals surface area contributed by atoms with Crippen molar-refractivity contribution >= 4 is 17.0 Å². The van der Waals surface area contributed by atoms with E-state index in [4.69, 9.17) is 4.52 Å². The van der Waals surface area contributed by atoms with Gasteiger partial charge in [-0.3, -0.25) is 4.79 Å². The van der Waals surface area contributed by atoms with E-state index >= 15 is 0 Å². The fourth-order valence-electron chi connectivity index (χ4n) is 4.18. The van der Waals surface area contributed by atoms with E-state index in [1.807, 2.05) is 37.3 Å². The van der Waals surface area contributed by atoms with Crippen molar-refractivity contribution in [2.45, 2.75) is 44.4 Å². The van der Waals surface area contributed by atoms with Crippen LogP contribution in [0.25, 0.3) is 11.1 Å². The van der Waals surface area contributed by atoms with Crippen LogP contribution in [0, 0.1) is 6.92 Å². The van der Waals surface area contributed by atoms with Crippen LogP contribution in [0.15, 0.2) is 23.0 Å².